The third-order valence-corrected chi connectivity index (χ3v) is 8.09. The van der Waals surface area contributed by atoms with Crippen molar-refractivity contribution in [3.05, 3.63) is 107 Å². The number of carboxylic acids is 1. The fourth-order valence-corrected chi connectivity index (χ4v) is 5.91. The molecule has 0 aromatic heterocycles. The van der Waals surface area contributed by atoms with E-state index in [2.05, 4.69) is 95.2 Å². The monoisotopic (exact) mass is 555 g/mol. The Balaban J connectivity index is 1.30. The summed E-state index contributed by atoms with van der Waals surface area (Å²) in [7, 11) is 0. The van der Waals surface area contributed by atoms with Crippen molar-refractivity contribution >= 4 is 11.7 Å². The Labute approximate surface area is 242 Å². The van der Waals surface area contributed by atoms with E-state index in [1.165, 1.54) is 11.1 Å². The van der Waals surface area contributed by atoms with Crippen molar-refractivity contribution in [3.8, 4) is 5.75 Å². The van der Waals surface area contributed by atoms with Crippen molar-refractivity contribution < 1.29 is 15.0 Å². The molecule has 3 atom stereocenters. The summed E-state index contributed by atoms with van der Waals surface area (Å²) in [6.07, 6.45) is 3.56. The molecule has 0 bridgehead atoms. The molecule has 8 heteroatoms. The van der Waals surface area contributed by atoms with Crippen molar-refractivity contribution in [2.75, 3.05) is 19.6 Å². The maximum absolute atomic E-state index is 10.8. The number of hydrazine groups is 2. The van der Waals surface area contributed by atoms with Crippen LogP contribution >= 0.6 is 0 Å². The predicted octanol–water partition coefficient (Wildman–Crippen LogP) is 4.95. The molecular formula is C33H41N5O3. The van der Waals surface area contributed by atoms with E-state index in [-0.39, 0.29) is 18.2 Å². The van der Waals surface area contributed by atoms with Crippen molar-refractivity contribution in [2.45, 2.75) is 57.8 Å². The Morgan fingerprint density at radius 1 is 0.927 bits per heavy atom. The number of hydrogen-bond donors (Lipinski definition) is 4. The standard InChI is InChI=1S/C33H41N5O3/c1-24-22-37(25(2)21-36(24)23-26-9-4-3-5-10-26)33(29-11-8-12-30(39)19-29)28-16-14-27(15-17-28)31-20-34-38(35-31)18-7-6-13-32(40)41/h3-5,8-12,14-17,19-20,24-25,33-35,39H,6-7,13,18,21-23H2,1-2H3,(H,40,41)/t24-,25+,33-/m1/s1. The highest BCUT2D eigenvalue weighted by Crippen LogP contribution is 2.35. The molecule has 0 radical (unpaired) electrons. The molecular weight excluding hydrogens is 514 g/mol. The van der Waals surface area contributed by atoms with E-state index in [1.54, 1.807) is 6.07 Å². The molecule has 0 amide bonds. The molecule has 0 spiro atoms. The van der Waals surface area contributed by atoms with E-state index in [0.29, 0.717) is 25.0 Å². The van der Waals surface area contributed by atoms with E-state index in [0.717, 1.165) is 42.9 Å². The average molecular weight is 556 g/mol. The summed E-state index contributed by atoms with van der Waals surface area (Å²) < 4.78 is 0. The quantitative estimate of drug-likeness (QED) is 0.247. The van der Waals surface area contributed by atoms with Crippen molar-refractivity contribution in [1.29, 1.82) is 0 Å². The first-order valence-electron chi connectivity index (χ1n) is 14.5. The van der Waals surface area contributed by atoms with E-state index in [4.69, 9.17) is 5.11 Å². The van der Waals surface area contributed by atoms with E-state index in [1.807, 2.05) is 23.5 Å². The number of carboxylic acid groups (broad SMARTS) is 1. The number of benzene rings is 3. The second kappa shape index (κ2) is 13.2. The summed E-state index contributed by atoms with van der Waals surface area (Å²) in [5.41, 5.74) is 12.2. The number of phenolic OH excluding ortho intramolecular Hbond substituents is 1. The maximum Gasteiger partial charge on any atom is 0.303 e. The van der Waals surface area contributed by atoms with Crippen LogP contribution in [-0.2, 0) is 11.3 Å². The molecule has 41 heavy (non-hydrogen) atoms. The number of rotatable bonds is 11. The van der Waals surface area contributed by atoms with E-state index >= 15 is 0 Å². The molecule has 2 aliphatic rings. The van der Waals surface area contributed by atoms with Gasteiger partial charge in [-0.05, 0) is 55.5 Å². The van der Waals surface area contributed by atoms with Gasteiger partial charge in [-0.1, -0.05) is 66.7 Å². The van der Waals surface area contributed by atoms with Crippen molar-refractivity contribution in [2.24, 2.45) is 0 Å². The van der Waals surface area contributed by atoms with Crippen LogP contribution < -0.4 is 10.9 Å². The SMILES string of the molecule is C[C@@H]1CN([C@H](c2ccc(C3=CNN(CCCCC(=O)O)N3)cc2)c2cccc(O)c2)[C@@H](C)CN1Cc1ccccc1. The minimum atomic E-state index is -0.756. The minimum Gasteiger partial charge on any atom is -0.508 e. The maximum atomic E-state index is 10.8. The highest BCUT2D eigenvalue weighted by atomic mass is 16.4. The molecule has 0 aliphatic carbocycles. The molecule has 2 heterocycles. The average Bonchev–Trinajstić information content (AvgIpc) is 3.44. The lowest BCUT2D eigenvalue weighted by molar-refractivity contribution is -0.137. The van der Waals surface area contributed by atoms with Gasteiger partial charge < -0.3 is 15.6 Å². The van der Waals surface area contributed by atoms with Gasteiger partial charge in [0.1, 0.15) is 5.75 Å². The Morgan fingerprint density at radius 2 is 1.71 bits per heavy atom. The highest BCUT2D eigenvalue weighted by Gasteiger charge is 2.35. The van der Waals surface area contributed by atoms with Crippen LogP contribution in [0.2, 0.25) is 0 Å². The third kappa shape index (κ3) is 7.27. The fourth-order valence-electron chi connectivity index (χ4n) is 5.91. The van der Waals surface area contributed by atoms with E-state index < -0.39 is 5.97 Å². The Kier molecular flexibility index (Phi) is 9.24. The van der Waals surface area contributed by atoms with Crippen LogP contribution in [0.3, 0.4) is 0 Å². The second-order valence-corrected chi connectivity index (χ2v) is 11.2. The topological polar surface area (TPSA) is 91.3 Å². The largest absolute Gasteiger partial charge is 0.508 e. The van der Waals surface area contributed by atoms with Gasteiger partial charge in [0.25, 0.3) is 0 Å². The number of hydrogen-bond acceptors (Lipinski definition) is 7. The number of nitrogens with one attached hydrogen (secondary N) is 2. The first kappa shape index (κ1) is 28.7. The zero-order valence-corrected chi connectivity index (χ0v) is 23.9. The minimum absolute atomic E-state index is 0.0156. The van der Waals surface area contributed by atoms with Gasteiger partial charge in [-0.25, -0.2) is 0 Å². The van der Waals surface area contributed by atoms with Crippen molar-refractivity contribution in [1.82, 2.24) is 25.8 Å². The van der Waals surface area contributed by atoms with Crippen LogP contribution in [0.5, 0.6) is 5.75 Å². The predicted molar refractivity (Wildman–Crippen MR) is 161 cm³/mol. The lowest BCUT2D eigenvalue weighted by atomic mass is 9.92. The molecule has 216 valence electrons. The molecule has 1 saturated heterocycles. The summed E-state index contributed by atoms with van der Waals surface area (Å²) in [5, 5.41) is 21.1. The molecule has 8 nitrogen and oxygen atoms in total. The van der Waals surface area contributed by atoms with Crippen molar-refractivity contribution in [3.63, 3.8) is 0 Å². The first-order chi connectivity index (χ1) is 19.9. The van der Waals surface area contributed by atoms with Gasteiger partial charge in [0.05, 0.1) is 11.7 Å². The Bertz CT molecular complexity index is 1330. The van der Waals surface area contributed by atoms with Crippen LogP contribution in [0.15, 0.2) is 85.1 Å². The number of phenols is 1. The number of piperazine rings is 1. The zero-order valence-electron chi connectivity index (χ0n) is 23.9. The van der Waals surface area contributed by atoms with Crippen LogP contribution in [0.1, 0.15) is 61.4 Å². The van der Waals surface area contributed by atoms with Gasteiger partial charge in [-0.15, -0.1) is 5.12 Å². The molecule has 2 aliphatic heterocycles. The van der Waals surface area contributed by atoms with Gasteiger partial charge in [0.15, 0.2) is 0 Å². The molecule has 3 aromatic rings. The number of aromatic hydroxyl groups is 1. The van der Waals surface area contributed by atoms with E-state index in [9.17, 15) is 9.90 Å². The fraction of sp³-hybridized carbons (Fsp3) is 0.364. The first-order valence-corrected chi connectivity index (χ1v) is 14.5. The lowest BCUT2D eigenvalue weighted by Gasteiger charge is -2.47. The van der Waals surface area contributed by atoms with Gasteiger partial charge in [0, 0.05) is 56.4 Å². The van der Waals surface area contributed by atoms with Gasteiger partial charge in [-0.2, -0.15) is 0 Å². The van der Waals surface area contributed by atoms with Gasteiger partial charge in [0.2, 0.25) is 0 Å². The molecule has 0 unspecified atom stereocenters. The second-order valence-electron chi connectivity index (χ2n) is 11.2. The number of nitrogens with zero attached hydrogens (tertiary/aromatic N) is 3. The third-order valence-electron chi connectivity index (χ3n) is 8.09. The van der Waals surface area contributed by atoms with Crippen LogP contribution in [0.4, 0.5) is 0 Å². The zero-order chi connectivity index (χ0) is 28.8. The summed E-state index contributed by atoms with van der Waals surface area (Å²) in [5.74, 6) is -0.476. The molecule has 0 saturated carbocycles. The van der Waals surface area contributed by atoms with Crippen LogP contribution in [0.25, 0.3) is 5.70 Å². The number of aliphatic carboxylic acids is 1. The summed E-state index contributed by atoms with van der Waals surface area (Å²) in [6.45, 7) is 8.15. The summed E-state index contributed by atoms with van der Waals surface area (Å²) in [6, 6.07) is 27.7. The lowest BCUT2D eigenvalue weighted by Crippen LogP contribution is -2.56. The normalized spacial score (nSPS) is 20.7. The molecule has 1 fully saturated rings. The molecule has 5 rings (SSSR count). The molecule has 3 aromatic carbocycles. The molecule has 4 N–H and O–H groups in total. The summed E-state index contributed by atoms with van der Waals surface area (Å²) >= 11 is 0. The highest BCUT2D eigenvalue weighted by molar-refractivity contribution is 5.66. The number of carbonyl (C=O) groups is 1. The Morgan fingerprint density at radius 3 is 2.44 bits per heavy atom. The van der Waals surface area contributed by atoms with Gasteiger partial charge >= 0.3 is 5.97 Å². The van der Waals surface area contributed by atoms with Crippen LogP contribution in [-0.4, -0.2) is 62.8 Å². The smallest absolute Gasteiger partial charge is 0.303 e. The number of unbranched alkanes of at least 4 members (excludes halogenated alkanes) is 1. The summed E-state index contributed by atoms with van der Waals surface area (Å²) in [4.78, 5) is 15.9. The Hall–Kier alpha value is -3.85. The van der Waals surface area contributed by atoms with Gasteiger partial charge in [-0.3, -0.25) is 20.0 Å². The van der Waals surface area contributed by atoms with Crippen LogP contribution in [0, 0.1) is 0 Å².